The summed E-state index contributed by atoms with van der Waals surface area (Å²) in [4.78, 5) is 10.8. The van der Waals surface area contributed by atoms with E-state index in [-0.39, 0.29) is 16.9 Å². The smallest absolute Gasteiger partial charge is 0.315 e. The Balaban J connectivity index is 2.51. The van der Waals surface area contributed by atoms with Gasteiger partial charge in [-0.25, -0.2) is 4.79 Å². The molecule has 1 heterocycles. The van der Waals surface area contributed by atoms with Gasteiger partial charge >= 0.3 is 5.91 Å². The molecule has 0 aromatic heterocycles. The number of hydrogen-bond donors (Lipinski definition) is 1. The summed E-state index contributed by atoms with van der Waals surface area (Å²) in [6, 6.07) is 0. The molecular weight excluding hydrogens is 118 g/mol. The molecule has 1 fully saturated rings. The summed E-state index contributed by atoms with van der Waals surface area (Å²) in [5.41, 5.74) is 0. The molecule has 2 atom stereocenters. The van der Waals surface area contributed by atoms with Crippen LogP contribution in [0.5, 0.6) is 0 Å². The SMILES string of the molecule is CCC1CC[NH+]([O-])C1=O. The molecule has 0 aliphatic carbocycles. The second-order valence-corrected chi connectivity index (χ2v) is 2.43. The van der Waals surface area contributed by atoms with Gasteiger partial charge < -0.3 is 10.3 Å². The molecule has 1 N–H and O–H groups in total. The van der Waals surface area contributed by atoms with Crippen LogP contribution in [-0.2, 0) is 4.79 Å². The minimum absolute atomic E-state index is 0.0532. The van der Waals surface area contributed by atoms with Crippen molar-refractivity contribution in [2.75, 3.05) is 6.54 Å². The summed E-state index contributed by atoms with van der Waals surface area (Å²) in [7, 11) is 0. The first-order valence-corrected chi connectivity index (χ1v) is 3.32. The monoisotopic (exact) mass is 129 g/mol. The van der Waals surface area contributed by atoms with Gasteiger partial charge in [-0.3, -0.25) is 0 Å². The van der Waals surface area contributed by atoms with E-state index in [9.17, 15) is 10.0 Å². The van der Waals surface area contributed by atoms with Gasteiger partial charge in [-0.1, -0.05) is 6.92 Å². The molecule has 1 aliphatic rings. The average molecular weight is 129 g/mol. The van der Waals surface area contributed by atoms with Gasteiger partial charge in [0.05, 0.1) is 12.5 Å². The highest BCUT2D eigenvalue weighted by Crippen LogP contribution is 2.08. The molecular formula is C6H11NO2. The predicted octanol–water partition coefficient (Wildman–Crippen LogP) is -0.674. The van der Waals surface area contributed by atoms with Crippen molar-refractivity contribution in [2.45, 2.75) is 19.8 Å². The lowest BCUT2D eigenvalue weighted by atomic mass is 10.1. The second-order valence-electron chi connectivity index (χ2n) is 2.43. The number of nitrogens with one attached hydrogen (secondary N) is 1. The first-order chi connectivity index (χ1) is 4.25. The lowest BCUT2D eigenvalue weighted by molar-refractivity contribution is -0.755. The number of quaternary nitrogens is 1. The lowest BCUT2D eigenvalue weighted by Gasteiger charge is -2.10. The minimum atomic E-state index is -0.165. The van der Waals surface area contributed by atoms with Crippen LogP contribution in [0, 0.1) is 11.1 Å². The van der Waals surface area contributed by atoms with Crippen LogP contribution in [0.3, 0.4) is 0 Å². The van der Waals surface area contributed by atoms with Crippen LogP contribution in [0.2, 0.25) is 0 Å². The number of carbonyl (C=O) groups excluding carboxylic acids is 1. The highest BCUT2D eigenvalue weighted by molar-refractivity contribution is 5.71. The Labute approximate surface area is 54.2 Å². The molecule has 1 amide bonds. The zero-order valence-corrected chi connectivity index (χ0v) is 5.52. The molecule has 1 aliphatic heterocycles. The van der Waals surface area contributed by atoms with Crippen LogP contribution >= 0.6 is 0 Å². The Morgan fingerprint density at radius 1 is 1.89 bits per heavy atom. The van der Waals surface area contributed by atoms with E-state index in [1.54, 1.807) is 0 Å². The summed E-state index contributed by atoms with van der Waals surface area (Å²) >= 11 is 0. The molecule has 1 saturated heterocycles. The highest BCUT2D eigenvalue weighted by atomic mass is 16.5. The van der Waals surface area contributed by atoms with E-state index < -0.39 is 0 Å². The van der Waals surface area contributed by atoms with Gasteiger partial charge in [0.2, 0.25) is 0 Å². The summed E-state index contributed by atoms with van der Waals surface area (Å²) in [5.74, 6) is -0.0880. The maximum absolute atomic E-state index is 10.8. The van der Waals surface area contributed by atoms with Crippen LogP contribution < -0.4 is 5.06 Å². The molecule has 0 spiro atoms. The van der Waals surface area contributed by atoms with Crippen molar-refractivity contribution in [1.29, 1.82) is 0 Å². The van der Waals surface area contributed by atoms with Crippen molar-refractivity contribution in [3.8, 4) is 0 Å². The zero-order valence-electron chi connectivity index (χ0n) is 5.52. The van der Waals surface area contributed by atoms with E-state index >= 15 is 0 Å². The molecule has 0 bridgehead atoms. The van der Waals surface area contributed by atoms with Gasteiger partial charge in [-0.05, 0) is 6.42 Å². The summed E-state index contributed by atoms with van der Waals surface area (Å²) in [5, 5.41) is 10.4. The normalized spacial score (nSPS) is 35.6. The van der Waals surface area contributed by atoms with Crippen LogP contribution in [0.25, 0.3) is 0 Å². The maximum Gasteiger partial charge on any atom is 0.315 e. The van der Waals surface area contributed by atoms with E-state index in [0.717, 1.165) is 12.8 Å². The van der Waals surface area contributed by atoms with Crippen molar-refractivity contribution < 1.29 is 9.86 Å². The fraction of sp³-hybridized carbons (Fsp3) is 0.833. The number of hydroxylamine groups is 2. The molecule has 0 aromatic rings. The van der Waals surface area contributed by atoms with Gasteiger partial charge in [-0.2, -0.15) is 0 Å². The summed E-state index contributed by atoms with van der Waals surface area (Å²) < 4.78 is 0. The van der Waals surface area contributed by atoms with Crippen LogP contribution in [0.1, 0.15) is 19.8 Å². The summed E-state index contributed by atoms with van der Waals surface area (Å²) in [6.45, 7) is 2.43. The highest BCUT2D eigenvalue weighted by Gasteiger charge is 2.30. The van der Waals surface area contributed by atoms with Gasteiger partial charge in [0, 0.05) is 6.42 Å². The van der Waals surface area contributed by atoms with E-state index in [2.05, 4.69) is 0 Å². The summed E-state index contributed by atoms with van der Waals surface area (Å²) in [6.07, 6.45) is 1.61. The number of carbonyl (C=O) groups is 1. The van der Waals surface area contributed by atoms with Gasteiger partial charge in [0.1, 0.15) is 0 Å². The first kappa shape index (κ1) is 6.71. The molecule has 3 heteroatoms. The Morgan fingerprint density at radius 2 is 2.56 bits per heavy atom. The van der Waals surface area contributed by atoms with Gasteiger partial charge in [0.15, 0.2) is 0 Å². The van der Waals surface area contributed by atoms with Gasteiger partial charge in [0.25, 0.3) is 0 Å². The Hall–Kier alpha value is -0.410. The molecule has 2 unspecified atom stereocenters. The molecule has 9 heavy (non-hydrogen) atoms. The van der Waals surface area contributed by atoms with E-state index in [1.807, 2.05) is 6.92 Å². The molecule has 0 radical (unpaired) electrons. The van der Waals surface area contributed by atoms with E-state index in [4.69, 9.17) is 0 Å². The van der Waals surface area contributed by atoms with Crippen LogP contribution in [0.4, 0.5) is 0 Å². The molecule has 3 nitrogen and oxygen atoms in total. The van der Waals surface area contributed by atoms with Crippen molar-refractivity contribution in [3.63, 3.8) is 0 Å². The van der Waals surface area contributed by atoms with Gasteiger partial charge in [-0.15, -0.1) is 0 Å². The second kappa shape index (κ2) is 2.45. The van der Waals surface area contributed by atoms with Crippen molar-refractivity contribution in [3.05, 3.63) is 5.21 Å². The van der Waals surface area contributed by atoms with Crippen molar-refractivity contribution in [1.82, 2.24) is 0 Å². The fourth-order valence-corrected chi connectivity index (χ4v) is 1.18. The molecule has 0 aromatic carbocycles. The van der Waals surface area contributed by atoms with E-state index in [1.165, 1.54) is 0 Å². The van der Waals surface area contributed by atoms with Crippen LogP contribution in [-0.4, -0.2) is 12.5 Å². The third-order valence-corrected chi connectivity index (χ3v) is 1.86. The number of amides is 1. The topological polar surface area (TPSA) is 44.6 Å². The minimum Gasteiger partial charge on any atom is -0.627 e. The third-order valence-electron chi connectivity index (χ3n) is 1.86. The average Bonchev–Trinajstić information content (AvgIpc) is 2.15. The van der Waals surface area contributed by atoms with E-state index in [0.29, 0.717) is 6.54 Å². The van der Waals surface area contributed by atoms with Crippen molar-refractivity contribution in [2.24, 2.45) is 5.92 Å². The standard InChI is InChI=1S/C6H11NO2/c1-2-5-3-4-7(9)6(5)8/h5,7H,2-4H2,1H3. The number of rotatable bonds is 1. The first-order valence-electron chi connectivity index (χ1n) is 3.32. The zero-order chi connectivity index (χ0) is 6.85. The quantitative estimate of drug-likeness (QED) is 0.477. The third kappa shape index (κ3) is 1.11. The predicted molar refractivity (Wildman–Crippen MR) is 32.6 cm³/mol. The Bertz CT molecular complexity index is 124. The fourth-order valence-electron chi connectivity index (χ4n) is 1.18. The maximum atomic E-state index is 10.8. The van der Waals surface area contributed by atoms with Crippen LogP contribution in [0.15, 0.2) is 0 Å². The lowest BCUT2D eigenvalue weighted by Crippen LogP contribution is -3.08. The number of hydrogen-bond acceptors (Lipinski definition) is 2. The Kier molecular flexibility index (Phi) is 1.83. The molecule has 52 valence electrons. The van der Waals surface area contributed by atoms with Crippen molar-refractivity contribution >= 4 is 5.91 Å². The molecule has 1 rings (SSSR count). The largest absolute Gasteiger partial charge is 0.627 e. The Morgan fingerprint density at radius 3 is 2.78 bits per heavy atom. The molecule has 0 saturated carbocycles.